The molecular formula is C12H14BrNO2. The second kappa shape index (κ2) is 6.45. The minimum atomic E-state index is -0.527. The Hall–Kier alpha value is -1.13. The van der Waals surface area contributed by atoms with Gasteiger partial charge in [-0.2, -0.15) is 0 Å². The van der Waals surface area contributed by atoms with Gasteiger partial charge in [0, 0.05) is 17.1 Å². The van der Waals surface area contributed by atoms with Crippen molar-refractivity contribution in [3.8, 4) is 0 Å². The van der Waals surface area contributed by atoms with Gasteiger partial charge in [0.25, 0.3) is 0 Å². The number of amides is 1. The van der Waals surface area contributed by atoms with Crippen LogP contribution in [0.3, 0.4) is 0 Å². The van der Waals surface area contributed by atoms with Crippen LogP contribution in [0.1, 0.15) is 12.5 Å². The molecule has 2 N–H and O–H groups in total. The predicted molar refractivity (Wildman–Crippen MR) is 67.9 cm³/mol. The van der Waals surface area contributed by atoms with E-state index in [1.54, 1.807) is 13.0 Å². The lowest BCUT2D eigenvalue weighted by Crippen LogP contribution is -2.28. The van der Waals surface area contributed by atoms with Gasteiger partial charge in [-0.05, 0) is 24.6 Å². The largest absolute Gasteiger partial charge is 0.392 e. The monoisotopic (exact) mass is 283 g/mol. The minimum absolute atomic E-state index is 0.211. The van der Waals surface area contributed by atoms with Crippen LogP contribution in [-0.4, -0.2) is 23.7 Å². The molecule has 0 bridgehead atoms. The number of aliphatic hydroxyl groups excluding tert-OH is 1. The Morgan fingerprint density at radius 3 is 2.88 bits per heavy atom. The van der Waals surface area contributed by atoms with Crippen molar-refractivity contribution in [3.05, 3.63) is 40.4 Å². The molecule has 1 aromatic rings. The van der Waals surface area contributed by atoms with Crippen molar-refractivity contribution in [1.82, 2.24) is 5.32 Å². The molecule has 0 radical (unpaired) electrons. The fraction of sp³-hybridized carbons (Fsp3) is 0.250. The Kier molecular flexibility index (Phi) is 5.22. The first-order chi connectivity index (χ1) is 7.59. The molecular weight excluding hydrogens is 270 g/mol. The van der Waals surface area contributed by atoms with Crippen LogP contribution in [0.15, 0.2) is 34.8 Å². The fourth-order valence-corrected chi connectivity index (χ4v) is 1.50. The van der Waals surface area contributed by atoms with Crippen LogP contribution in [-0.2, 0) is 4.79 Å². The van der Waals surface area contributed by atoms with Gasteiger partial charge in [-0.25, -0.2) is 0 Å². The smallest absolute Gasteiger partial charge is 0.244 e. The molecule has 1 rings (SSSR count). The maximum atomic E-state index is 11.3. The van der Waals surface area contributed by atoms with Crippen LogP contribution in [0.25, 0.3) is 6.08 Å². The number of nitrogens with one attached hydrogen (secondary N) is 1. The number of carbonyl (C=O) groups excluding carboxylic acids is 1. The summed E-state index contributed by atoms with van der Waals surface area (Å²) in [6.45, 7) is 1.89. The first kappa shape index (κ1) is 12.9. The van der Waals surface area contributed by atoms with E-state index in [4.69, 9.17) is 5.11 Å². The number of aliphatic hydroxyl groups is 1. The highest BCUT2D eigenvalue weighted by atomic mass is 79.9. The molecule has 4 heteroatoms. The molecule has 1 aromatic carbocycles. The highest BCUT2D eigenvalue weighted by molar-refractivity contribution is 9.10. The lowest BCUT2D eigenvalue weighted by molar-refractivity contribution is -0.116. The normalized spacial score (nSPS) is 12.7. The molecule has 0 aliphatic carbocycles. The third kappa shape index (κ3) is 4.59. The van der Waals surface area contributed by atoms with Gasteiger partial charge < -0.3 is 10.4 Å². The minimum Gasteiger partial charge on any atom is -0.392 e. The van der Waals surface area contributed by atoms with E-state index in [2.05, 4.69) is 21.2 Å². The molecule has 1 amide bonds. The molecule has 0 aliphatic rings. The van der Waals surface area contributed by atoms with E-state index in [-0.39, 0.29) is 12.5 Å². The maximum Gasteiger partial charge on any atom is 0.244 e. The Bertz CT molecular complexity index is 388. The van der Waals surface area contributed by atoms with Gasteiger partial charge in [-0.1, -0.05) is 34.1 Å². The SMILES string of the molecule is C[C@H](O)CNC(=O)/C=C/c1ccccc1Br. The van der Waals surface area contributed by atoms with E-state index in [9.17, 15) is 4.79 Å². The van der Waals surface area contributed by atoms with E-state index in [0.717, 1.165) is 10.0 Å². The number of hydrogen-bond donors (Lipinski definition) is 2. The number of halogens is 1. The maximum absolute atomic E-state index is 11.3. The lowest BCUT2D eigenvalue weighted by atomic mass is 10.2. The molecule has 0 unspecified atom stereocenters. The van der Waals surface area contributed by atoms with Crippen LogP contribution < -0.4 is 5.32 Å². The van der Waals surface area contributed by atoms with Crippen LogP contribution in [0.4, 0.5) is 0 Å². The zero-order valence-electron chi connectivity index (χ0n) is 8.98. The Morgan fingerprint density at radius 2 is 2.25 bits per heavy atom. The molecule has 0 saturated carbocycles. The molecule has 16 heavy (non-hydrogen) atoms. The summed E-state index contributed by atoms with van der Waals surface area (Å²) < 4.78 is 0.939. The first-order valence-corrected chi connectivity index (χ1v) is 5.77. The summed E-state index contributed by atoms with van der Waals surface area (Å²) in [5, 5.41) is 11.6. The topological polar surface area (TPSA) is 49.3 Å². The lowest BCUT2D eigenvalue weighted by Gasteiger charge is -2.03. The third-order valence-corrected chi connectivity index (χ3v) is 2.61. The number of hydrogen-bond acceptors (Lipinski definition) is 2. The van der Waals surface area contributed by atoms with Crippen molar-refractivity contribution in [1.29, 1.82) is 0 Å². The van der Waals surface area contributed by atoms with Gasteiger partial charge in [0.1, 0.15) is 0 Å². The first-order valence-electron chi connectivity index (χ1n) is 4.98. The highest BCUT2D eigenvalue weighted by Gasteiger charge is 1.99. The van der Waals surface area contributed by atoms with Gasteiger partial charge in [0.05, 0.1) is 6.10 Å². The molecule has 0 fully saturated rings. The molecule has 1 atom stereocenters. The summed E-state index contributed by atoms with van der Waals surface area (Å²) in [7, 11) is 0. The van der Waals surface area contributed by atoms with Crippen molar-refractivity contribution in [2.24, 2.45) is 0 Å². The summed E-state index contributed by atoms with van der Waals surface area (Å²) in [6.07, 6.45) is 2.64. The second-order valence-corrected chi connectivity index (χ2v) is 4.30. The summed E-state index contributed by atoms with van der Waals surface area (Å²) >= 11 is 3.39. The quantitative estimate of drug-likeness (QED) is 0.830. The molecule has 0 saturated heterocycles. The molecule has 0 aromatic heterocycles. The standard InChI is InChI=1S/C12H14BrNO2/c1-9(15)8-14-12(16)7-6-10-4-2-3-5-11(10)13/h2-7,9,15H,8H2,1H3,(H,14,16)/b7-6+/t9-/m0/s1. The van der Waals surface area contributed by atoms with Crippen LogP contribution >= 0.6 is 15.9 Å². The van der Waals surface area contributed by atoms with E-state index in [0.29, 0.717) is 0 Å². The average molecular weight is 284 g/mol. The van der Waals surface area contributed by atoms with Crippen molar-refractivity contribution in [3.63, 3.8) is 0 Å². The zero-order chi connectivity index (χ0) is 12.0. The van der Waals surface area contributed by atoms with Crippen LogP contribution in [0, 0.1) is 0 Å². The van der Waals surface area contributed by atoms with Crippen molar-refractivity contribution in [2.45, 2.75) is 13.0 Å². The van der Waals surface area contributed by atoms with Crippen molar-refractivity contribution < 1.29 is 9.90 Å². The van der Waals surface area contributed by atoms with E-state index in [1.165, 1.54) is 6.08 Å². The molecule has 3 nitrogen and oxygen atoms in total. The molecule has 0 spiro atoms. The summed E-state index contributed by atoms with van der Waals surface area (Å²) in [6, 6.07) is 7.63. The molecule has 0 aliphatic heterocycles. The predicted octanol–water partition coefficient (Wildman–Crippen LogP) is 1.96. The Labute approximate surface area is 103 Å². The Morgan fingerprint density at radius 1 is 1.56 bits per heavy atom. The van der Waals surface area contributed by atoms with E-state index < -0.39 is 6.10 Å². The number of carbonyl (C=O) groups is 1. The van der Waals surface area contributed by atoms with Crippen LogP contribution in [0.2, 0.25) is 0 Å². The van der Waals surface area contributed by atoms with Crippen molar-refractivity contribution >= 4 is 27.9 Å². The second-order valence-electron chi connectivity index (χ2n) is 3.45. The van der Waals surface area contributed by atoms with E-state index in [1.807, 2.05) is 24.3 Å². The Balaban J connectivity index is 2.54. The summed E-state index contributed by atoms with van der Waals surface area (Å²) in [5.74, 6) is -0.211. The highest BCUT2D eigenvalue weighted by Crippen LogP contribution is 2.16. The average Bonchev–Trinajstić information content (AvgIpc) is 2.25. The fourth-order valence-electron chi connectivity index (χ4n) is 1.08. The zero-order valence-corrected chi connectivity index (χ0v) is 10.6. The molecule has 86 valence electrons. The van der Waals surface area contributed by atoms with Gasteiger partial charge in [0.2, 0.25) is 5.91 Å². The van der Waals surface area contributed by atoms with E-state index >= 15 is 0 Å². The van der Waals surface area contributed by atoms with Gasteiger partial charge in [-0.3, -0.25) is 4.79 Å². The summed E-state index contributed by atoms with van der Waals surface area (Å²) in [4.78, 5) is 11.3. The van der Waals surface area contributed by atoms with Gasteiger partial charge in [0.15, 0.2) is 0 Å². The number of rotatable bonds is 4. The third-order valence-electron chi connectivity index (χ3n) is 1.89. The van der Waals surface area contributed by atoms with Crippen LogP contribution in [0.5, 0.6) is 0 Å². The van der Waals surface area contributed by atoms with Gasteiger partial charge >= 0.3 is 0 Å². The number of benzene rings is 1. The van der Waals surface area contributed by atoms with Crippen molar-refractivity contribution in [2.75, 3.05) is 6.54 Å². The summed E-state index contributed by atoms with van der Waals surface area (Å²) in [5.41, 5.74) is 0.940. The molecule has 0 heterocycles. The van der Waals surface area contributed by atoms with Gasteiger partial charge in [-0.15, -0.1) is 0 Å².